The number of carbonyl (C=O) groups excluding carboxylic acids is 1. The van der Waals surface area contributed by atoms with Crippen molar-refractivity contribution in [1.29, 1.82) is 0 Å². The van der Waals surface area contributed by atoms with Crippen molar-refractivity contribution in [2.75, 3.05) is 19.8 Å². The summed E-state index contributed by atoms with van der Waals surface area (Å²) in [6.07, 6.45) is 0.824. The lowest BCUT2D eigenvalue weighted by Crippen LogP contribution is -2.47. The maximum Gasteiger partial charge on any atom is 0.328 e. The Morgan fingerprint density at radius 2 is 2.18 bits per heavy atom. The Morgan fingerprint density at radius 3 is 2.65 bits per heavy atom. The van der Waals surface area contributed by atoms with Gasteiger partial charge < -0.3 is 19.9 Å². The lowest BCUT2D eigenvalue weighted by Gasteiger charge is -2.17. The van der Waals surface area contributed by atoms with Gasteiger partial charge in [-0.25, -0.2) is 4.79 Å². The van der Waals surface area contributed by atoms with Gasteiger partial charge in [-0.15, -0.1) is 6.58 Å². The smallest absolute Gasteiger partial charge is 0.328 e. The Balaban J connectivity index is 4.19. The highest BCUT2D eigenvalue weighted by atomic mass is 16.5. The summed E-state index contributed by atoms with van der Waals surface area (Å²) in [6, 6.07) is -1.08. The number of hydrogen-bond donors (Lipinski definition) is 2. The molecule has 0 aromatic carbocycles. The zero-order chi connectivity index (χ0) is 13.3. The number of ether oxygens (including phenoxy) is 2. The van der Waals surface area contributed by atoms with Crippen LogP contribution in [0.1, 0.15) is 13.8 Å². The average Bonchev–Trinajstić information content (AvgIpc) is 2.27. The van der Waals surface area contributed by atoms with Gasteiger partial charge in [0.2, 0.25) is 5.91 Å². The van der Waals surface area contributed by atoms with Crippen molar-refractivity contribution in [2.24, 2.45) is 0 Å². The van der Waals surface area contributed by atoms with Crippen molar-refractivity contribution in [1.82, 2.24) is 5.32 Å². The highest BCUT2D eigenvalue weighted by Crippen LogP contribution is 1.94. The van der Waals surface area contributed by atoms with E-state index < -0.39 is 24.0 Å². The fourth-order valence-corrected chi connectivity index (χ4v) is 1.06. The Kier molecular flexibility index (Phi) is 8.00. The minimum Gasteiger partial charge on any atom is -0.480 e. The number of carboxylic acids is 1. The van der Waals surface area contributed by atoms with Gasteiger partial charge in [-0.3, -0.25) is 4.79 Å². The predicted molar refractivity (Wildman–Crippen MR) is 61.7 cm³/mol. The Bertz CT molecular complexity index is 267. The molecule has 1 amide bonds. The molecule has 0 spiro atoms. The predicted octanol–water partition coefficient (Wildman–Crippen LogP) is 0.183. The lowest BCUT2D eigenvalue weighted by molar-refractivity contribution is -0.145. The number of hydrogen-bond acceptors (Lipinski definition) is 4. The van der Waals surface area contributed by atoms with E-state index in [0.29, 0.717) is 6.61 Å². The van der Waals surface area contributed by atoms with Crippen LogP contribution >= 0.6 is 0 Å². The molecule has 0 rings (SSSR count). The molecular formula is C11H19NO5. The fraction of sp³-hybridized carbons (Fsp3) is 0.636. The first kappa shape index (κ1) is 15.6. The summed E-state index contributed by atoms with van der Waals surface area (Å²) < 4.78 is 10.0. The van der Waals surface area contributed by atoms with Crippen LogP contribution in [-0.4, -0.2) is 48.9 Å². The van der Waals surface area contributed by atoms with Gasteiger partial charge in [0.25, 0.3) is 0 Å². The van der Waals surface area contributed by atoms with E-state index in [2.05, 4.69) is 11.9 Å². The molecule has 0 aromatic heterocycles. The molecule has 17 heavy (non-hydrogen) atoms. The van der Waals surface area contributed by atoms with Gasteiger partial charge in [0.15, 0.2) is 6.04 Å². The monoisotopic (exact) mass is 245 g/mol. The maximum atomic E-state index is 11.5. The van der Waals surface area contributed by atoms with Gasteiger partial charge in [0.1, 0.15) is 6.10 Å². The number of carboxylic acid groups (broad SMARTS) is 1. The second-order valence-corrected chi connectivity index (χ2v) is 3.32. The third kappa shape index (κ3) is 6.70. The van der Waals surface area contributed by atoms with Crippen LogP contribution in [0.3, 0.4) is 0 Å². The van der Waals surface area contributed by atoms with Gasteiger partial charge in [0.05, 0.1) is 13.2 Å². The van der Waals surface area contributed by atoms with Crippen LogP contribution < -0.4 is 5.32 Å². The first-order valence-electron chi connectivity index (χ1n) is 5.36. The van der Waals surface area contributed by atoms with E-state index in [1.165, 1.54) is 6.08 Å². The van der Waals surface area contributed by atoms with E-state index >= 15 is 0 Å². The van der Waals surface area contributed by atoms with Crippen LogP contribution in [0.25, 0.3) is 0 Å². The van der Waals surface area contributed by atoms with Crippen molar-refractivity contribution < 1.29 is 24.2 Å². The standard InChI is InChI=1S/C11H19NO5/c1-4-6-16-7-9(11(14)15)12-10(13)8(3)17-5-2/h4,8-9H,1,5-7H2,2-3H3,(H,12,13)(H,14,15). The highest BCUT2D eigenvalue weighted by Gasteiger charge is 2.23. The minimum absolute atomic E-state index is 0.105. The number of amides is 1. The molecule has 0 radical (unpaired) electrons. The van der Waals surface area contributed by atoms with Gasteiger partial charge in [0, 0.05) is 6.61 Å². The van der Waals surface area contributed by atoms with E-state index in [1.54, 1.807) is 13.8 Å². The number of carbonyl (C=O) groups is 2. The van der Waals surface area contributed by atoms with Gasteiger partial charge in [-0.1, -0.05) is 6.08 Å². The van der Waals surface area contributed by atoms with E-state index in [9.17, 15) is 9.59 Å². The van der Waals surface area contributed by atoms with Crippen molar-refractivity contribution in [3.05, 3.63) is 12.7 Å². The molecule has 0 aliphatic heterocycles. The van der Waals surface area contributed by atoms with E-state index in [-0.39, 0.29) is 13.2 Å². The van der Waals surface area contributed by atoms with Crippen LogP contribution in [0, 0.1) is 0 Å². The zero-order valence-electron chi connectivity index (χ0n) is 10.1. The molecule has 0 bridgehead atoms. The van der Waals surface area contributed by atoms with Crippen molar-refractivity contribution in [3.8, 4) is 0 Å². The third-order valence-corrected chi connectivity index (χ3v) is 1.92. The highest BCUT2D eigenvalue weighted by molar-refractivity contribution is 5.86. The summed E-state index contributed by atoms with van der Waals surface area (Å²) >= 11 is 0. The second-order valence-electron chi connectivity index (χ2n) is 3.32. The molecule has 0 aliphatic rings. The molecule has 2 atom stereocenters. The van der Waals surface area contributed by atoms with E-state index in [4.69, 9.17) is 14.6 Å². The molecule has 2 unspecified atom stereocenters. The summed E-state index contributed by atoms with van der Waals surface area (Å²) in [5.74, 6) is -1.62. The molecule has 0 saturated heterocycles. The lowest BCUT2D eigenvalue weighted by atomic mass is 10.3. The summed E-state index contributed by atoms with van der Waals surface area (Å²) in [7, 11) is 0. The largest absolute Gasteiger partial charge is 0.480 e. The third-order valence-electron chi connectivity index (χ3n) is 1.92. The molecule has 0 heterocycles. The topological polar surface area (TPSA) is 84.9 Å². The van der Waals surface area contributed by atoms with Crippen LogP contribution in [0.5, 0.6) is 0 Å². The summed E-state index contributed by atoms with van der Waals surface area (Å²) in [5.41, 5.74) is 0. The summed E-state index contributed by atoms with van der Waals surface area (Å²) in [5, 5.41) is 11.2. The van der Waals surface area contributed by atoms with Gasteiger partial charge >= 0.3 is 5.97 Å². The number of nitrogens with one attached hydrogen (secondary N) is 1. The normalized spacial score (nSPS) is 13.8. The number of aliphatic carboxylic acids is 1. The van der Waals surface area contributed by atoms with Crippen molar-refractivity contribution in [3.63, 3.8) is 0 Å². The maximum absolute atomic E-state index is 11.5. The summed E-state index contributed by atoms with van der Waals surface area (Å²) in [6.45, 7) is 7.27. The van der Waals surface area contributed by atoms with Crippen LogP contribution in [0.15, 0.2) is 12.7 Å². The molecular weight excluding hydrogens is 226 g/mol. The Morgan fingerprint density at radius 1 is 1.53 bits per heavy atom. The second kappa shape index (κ2) is 8.72. The first-order valence-corrected chi connectivity index (χ1v) is 5.36. The summed E-state index contributed by atoms with van der Waals surface area (Å²) in [4.78, 5) is 22.4. The molecule has 0 aliphatic carbocycles. The van der Waals surface area contributed by atoms with E-state index in [1.807, 2.05) is 0 Å². The molecule has 98 valence electrons. The Hall–Kier alpha value is -1.40. The van der Waals surface area contributed by atoms with Crippen molar-refractivity contribution >= 4 is 11.9 Å². The molecule has 6 heteroatoms. The fourth-order valence-electron chi connectivity index (χ4n) is 1.06. The van der Waals surface area contributed by atoms with Crippen molar-refractivity contribution in [2.45, 2.75) is 26.0 Å². The van der Waals surface area contributed by atoms with Crippen LogP contribution in [-0.2, 0) is 19.1 Å². The zero-order valence-corrected chi connectivity index (χ0v) is 10.1. The molecule has 6 nitrogen and oxygen atoms in total. The molecule has 2 N–H and O–H groups in total. The quantitative estimate of drug-likeness (QED) is 0.447. The first-order chi connectivity index (χ1) is 8.02. The average molecular weight is 245 g/mol. The minimum atomic E-state index is -1.15. The molecule has 0 fully saturated rings. The van der Waals surface area contributed by atoms with E-state index in [0.717, 1.165) is 0 Å². The number of rotatable bonds is 9. The SMILES string of the molecule is C=CCOCC(NC(=O)C(C)OCC)C(=O)O. The van der Waals surface area contributed by atoms with Crippen LogP contribution in [0.2, 0.25) is 0 Å². The van der Waals surface area contributed by atoms with Gasteiger partial charge in [-0.05, 0) is 13.8 Å². The van der Waals surface area contributed by atoms with Gasteiger partial charge in [-0.2, -0.15) is 0 Å². The molecule has 0 saturated carbocycles. The Labute approximate surface area is 101 Å². The van der Waals surface area contributed by atoms with Crippen LogP contribution in [0.4, 0.5) is 0 Å². The molecule has 0 aromatic rings.